The van der Waals surface area contributed by atoms with Gasteiger partial charge in [-0.2, -0.15) is 0 Å². The average Bonchev–Trinajstić information content (AvgIpc) is 2.42. The Morgan fingerprint density at radius 1 is 1.11 bits per heavy atom. The van der Waals surface area contributed by atoms with Gasteiger partial charge in [-0.25, -0.2) is 0 Å². The first-order chi connectivity index (χ1) is 9.24. The van der Waals surface area contributed by atoms with Gasteiger partial charge in [0.05, 0.1) is 17.5 Å². The third-order valence-corrected chi connectivity index (χ3v) is 3.21. The van der Waals surface area contributed by atoms with Gasteiger partial charge in [-0.15, -0.1) is 11.6 Å². The zero-order valence-corrected chi connectivity index (χ0v) is 12.0. The van der Waals surface area contributed by atoms with Gasteiger partial charge in [-0.1, -0.05) is 35.9 Å². The summed E-state index contributed by atoms with van der Waals surface area (Å²) < 4.78 is 10.9. The van der Waals surface area contributed by atoms with Gasteiger partial charge in [-0.3, -0.25) is 0 Å². The predicted molar refractivity (Wildman–Crippen MR) is 78.2 cm³/mol. The average molecular weight is 297 g/mol. The number of alkyl halides is 1. The summed E-state index contributed by atoms with van der Waals surface area (Å²) in [4.78, 5) is 0. The molecule has 2 rings (SSSR count). The first kappa shape index (κ1) is 14.2. The third kappa shape index (κ3) is 3.63. The van der Waals surface area contributed by atoms with Crippen molar-refractivity contribution in [2.45, 2.75) is 12.5 Å². The molecule has 2 nitrogen and oxygen atoms in total. The summed E-state index contributed by atoms with van der Waals surface area (Å²) in [6.07, 6.45) is 0. The zero-order chi connectivity index (χ0) is 13.7. The summed E-state index contributed by atoms with van der Waals surface area (Å²) in [7, 11) is 1.66. The smallest absolute Gasteiger partial charge is 0.150 e. The lowest BCUT2D eigenvalue weighted by Crippen LogP contribution is -1.92. The lowest BCUT2D eigenvalue weighted by Gasteiger charge is -2.12. The van der Waals surface area contributed by atoms with Gasteiger partial charge < -0.3 is 9.47 Å². The molecule has 0 heterocycles. The van der Waals surface area contributed by atoms with Crippen LogP contribution in [-0.2, 0) is 17.2 Å². The Bertz CT molecular complexity index is 556. The highest BCUT2D eigenvalue weighted by atomic mass is 35.5. The van der Waals surface area contributed by atoms with Crippen LogP contribution in [0.3, 0.4) is 0 Å². The van der Waals surface area contributed by atoms with Crippen molar-refractivity contribution in [3.8, 4) is 11.5 Å². The van der Waals surface area contributed by atoms with E-state index in [-0.39, 0.29) is 0 Å². The molecule has 0 atom stereocenters. The van der Waals surface area contributed by atoms with Crippen LogP contribution in [-0.4, -0.2) is 7.11 Å². The van der Waals surface area contributed by atoms with E-state index in [0.29, 0.717) is 29.0 Å². The summed E-state index contributed by atoms with van der Waals surface area (Å²) in [5.41, 5.74) is 1.91. The molecule has 0 aliphatic heterocycles. The molecule has 100 valence electrons. The topological polar surface area (TPSA) is 18.5 Å². The zero-order valence-electron chi connectivity index (χ0n) is 10.5. The van der Waals surface area contributed by atoms with Gasteiger partial charge in [0.25, 0.3) is 0 Å². The SMILES string of the molecule is COCc1cccc(Oc2c(Cl)cccc2CCl)c1. The highest BCUT2D eigenvalue weighted by Crippen LogP contribution is 2.34. The maximum Gasteiger partial charge on any atom is 0.150 e. The molecular weight excluding hydrogens is 283 g/mol. The van der Waals surface area contributed by atoms with Crippen LogP contribution in [0.25, 0.3) is 0 Å². The Morgan fingerprint density at radius 2 is 1.89 bits per heavy atom. The highest BCUT2D eigenvalue weighted by molar-refractivity contribution is 6.32. The third-order valence-electron chi connectivity index (χ3n) is 2.62. The number of halogens is 2. The summed E-state index contributed by atoms with van der Waals surface area (Å²) in [6.45, 7) is 0.544. The minimum absolute atomic E-state index is 0.355. The van der Waals surface area contributed by atoms with Gasteiger partial charge in [0.2, 0.25) is 0 Å². The van der Waals surface area contributed by atoms with Crippen LogP contribution in [0, 0.1) is 0 Å². The highest BCUT2D eigenvalue weighted by Gasteiger charge is 2.09. The monoisotopic (exact) mass is 296 g/mol. The predicted octanol–water partition coefficient (Wildman–Crippen LogP) is 5.02. The molecule has 0 fully saturated rings. The summed E-state index contributed by atoms with van der Waals surface area (Å²) in [5.74, 6) is 1.68. The second-order valence-electron chi connectivity index (χ2n) is 4.04. The Morgan fingerprint density at radius 3 is 2.63 bits per heavy atom. The standard InChI is InChI=1S/C15H14Cl2O2/c1-18-10-11-4-2-6-13(8-11)19-15-12(9-16)5-3-7-14(15)17/h2-8H,9-10H2,1H3. The van der Waals surface area contributed by atoms with Crippen LogP contribution >= 0.6 is 23.2 Å². The van der Waals surface area contributed by atoms with Crippen LogP contribution in [0.2, 0.25) is 5.02 Å². The van der Waals surface area contributed by atoms with E-state index in [1.54, 1.807) is 13.2 Å². The normalized spacial score (nSPS) is 10.5. The maximum atomic E-state index is 6.15. The van der Waals surface area contributed by atoms with E-state index >= 15 is 0 Å². The fourth-order valence-corrected chi connectivity index (χ4v) is 2.20. The molecule has 0 aliphatic rings. The van der Waals surface area contributed by atoms with Gasteiger partial charge in [0, 0.05) is 12.7 Å². The first-order valence-electron chi connectivity index (χ1n) is 5.83. The fourth-order valence-electron chi connectivity index (χ4n) is 1.76. The first-order valence-corrected chi connectivity index (χ1v) is 6.75. The largest absolute Gasteiger partial charge is 0.455 e. The molecule has 0 saturated carbocycles. The molecule has 4 heteroatoms. The second kappa shape index (κ2) is 6.80. The van der Waals surface area contributed by atoms with Crippen molar-refractivity contribution in [1.82, 2.24) is 0 Å². The molecule has 2 aromatic carbocycles. The van der Waals surface area contributed by atoms with Crippen molar-refractivity contribution in [3.05, 3.63) is 58.6 Å². The fraction of sp³-hybridized carbons (Fsp3) is 0.200. The molecule has 19 heavy (non-hydrogen) atoms. The molecule has 0 aromatic heterocycles. The number of ether oxygens (including phenoxy) is 2. The Hall–Kier alpha value is -1.22. The Kier molecular flexibility index (Phi) is 5.08. The second-order valence-corrected chi connectivity index (χ2v) is 4.72. The number of benzene rings is 2. The lowest BCUT2D eigenvalue weighted by atomic mass is 10.2. The van der Waals surface area contributed by atoms with E-state index in [2.05, 4.69) is 0 Å². The van der Waals surface area contributed by atoms with Crippen molar-refractivity contribution >= 4 is 23.2 Å². The number of methoxy groups -OCH3 is 1. The molecule has 2 aromatic rings. The molecule has 0 bridgehead atoms. The number of hydrogen-bond acceptors (Lipinski definition) is 2. The Labute approximate surface area is 122 Å². The van der Waals surface area contributed by atoms with Crippen LogP contribution in [0.4, 0.5) is 0 Å². The van der Waals surface area contributed by atoms with Crippen molar-refractivity contribution in [1.29, 1.82) is 0 Å². The molecule has 0 saturated heterocycles. The molecular formula is C15H14Cl2O2. The minimum atomic E-state index is 0.355. The molecule has 0 aliphatic carbocycles. The van der Waals surface area contributed by atoms with Gasteiger partial charge in [0.15, 0.2) is 0 Å². The Balaban J connectivity index is 2.28. The maximum absolute atomic E-state index is 6.15. The van der Waals surface area contributed by atoms with Crippen molar-refractivity contribution in [2.75, 3.05) is 7.11 Å². The number of hydrogen-bond donors (Lipinski definition) is 0. The van der Waals surface area contributed by atoms with E-state index in [0.717, 1.165) is 11.1 Å². The van der Waals surface area contributed by atoms with E-state index in [4.69, 9.17) is 32.7 Å². The van der Waals surface area contributed by atoms with Gasteiger partial charge in [0.1, 0.15) is 11.5 Å². The van der Waals surface area contributed by atoms with Gasteiger partial charge in [-0.05, 0) is 23.8 Å². The minimum Gasteiger partial charge on any atom is -0.455 e. The molecule has 0 spiro atoms. The van der Waals surface area contributed by atoms with Gasteiger partial charge >= 0.3 is 0 Å². The number of rotatable bonds is 5. The van der Waals surface area contributed by atoms with Crippen molar-refractivity contribution in [3.63, 3.8) is 0 Å². The van der Waals surface area contributed by atoms with Crippen LogP contribution in [0.15, 0.2) is 42.5 Å². The van der Waals surface area contributed by atoms with Crippen molar-refractivity contribution in [2.24, 2.45) is 0 Å². The van der Waals surface area contributed by atoms with Crippen LogP contribution in [0.1, 0.15) is 11.1 Å². The van der Waals surface area contributed by atoms with E-state index in [9.17, 15) is 0 Å². The molecule has 0 amide bonds. The van der Waals surface area contributed by atoms with Crippen molar-refractivity contribution < 1.29 is 9.47 Å². The summed E-state index contributed by atoms with van der Waals surface area (Å²) >= 11 is 12.0. The summed E-state index contributed by atoms with van der Waals surface area (Å²) in [5, 5.41) is 0.551. The molecule has 0 radical (unpaired) electrons. The molecule has 0 N–H and O–H groups in total. The van der Waals surface area contributed by atoms with E-state index in [1.165, 1.54) is 0 Å². The summed E-state index contributed by atoms with van der Waals surface area (Å²) in [6, 6.07) is 13.2. The quantitative estimate of drug-likeness (QED) is 0.722. The number of para-hydroxylation sites is 1. The van der Waals surface area contributed by atoms with E-state index < -0.39 is 0 Å². The van der Waals surface area contributed by atoms with Crippen LogP contribution < -0.4 is 4.74 Å². The van der Waals surface area contributed by atoms with E-state index in [1.807, 2.05) is 36.4 Å². The van der Waals surface area contributed by atoms with Crippen LogP contribution in [0.5, 0.6) is 11.5 Å². The lowest BCUT2D eigenvalue weighted by molar-refractivity contribution is 0.184. The molecule has 0 unspecified atom stereocenters.